The monoisotopic (exact) mass is 351 g/mol. The van der Waals surface area contributed by atoms with E-state index in [9.17, 15) is 9.59 Å². The maximum absolute atomic E-state index is 11.8. The molecule has 0 aliphatic carbocycles. The molecule has 0 saturated heterocycles. The van der Waals surface area contributed by atoms with Gasteiger partial charge in [0.25, 0.3) is 5.91 Å². The number of hydrogen-bond acceptors (Lipinski definition) is 3. The highest BCUT2D eigenvalue weighted by Gasteiger charge is 2.06. The second-order valence-electron chi connectivity index (χ2n) is 5.31. The number of urea groups is 1. The summed E-state index contributed by atoms with van der Waals surface area (Å²) in [6, 6.07) is 14.2. The third-order valence-electron chi connectivity index (χ3n) is 3.57. The van der Waals surface area contributed by atoms with E-state index in [1.54, 1.807) is 32.4 Å². The first kappa shape index (κ1) is 18.9. The zero-order chi connectivity index (χ0) is 18.8. The maximum atomic E-state index is 11.8. The van der Waals surface area contributed by atoms with Crippen molar-refractivity contribution >= 4 is 11.9 Å². The van der Waals surface area contributed by atoms with Crippen LogP contribution in [-0.4, -0.2) is 32.6 Å². The lowest BCUT2D eigenvalue weighted by molar-refractivity contribution is 0.0963. The van der Waals surface area contributed by atoms with Crippen molar-refractivity contribution in [3.63, 3.8) is 0 Å². The van der Waals surface area contributed by atoms with E-state index in [4.69, 9.17) is 4.74 Å². The minimum absolute atomic E-state index is 0.177. The summed E-state index contributed by atoms with van der Waals surface area (Å²) in [7, 11) is 3.18. The van der Waals surface area contributed by atoms with Crippen molar-refractivity contribution in [2.75, 3.05) is 20.7 Å². The highest BCUT2D eigenvalue weighted by atomic mass is 16.5. The van der Waals surface area contributed by atoms with Crippen LogP contribution in [0.1, 0.15) is 21.5 Å². The van der Waals surface area contributed by atoms with Crippen LogP contribution in [0.15, 0.2) is 48.5 Å². The van der Waals surface area contributed by atoms with Crippen molar-refractivity contribution < 1.29 is 14.3 Å². The number of hydrogen-bond donors (Lipinski definition) is 3. The molecule has 2 aromatic rings. The number of carbonyl (C=O) groups is 2. The Kier molecular flexibility index (Phi) is 7.07. The molecule has 0 aliphatic rings. The lowest BCUT2D eigenvalue weighted by atomic mass is 10.1. The van der Waals surface area contributed by atoms with E-state index < -0.39 is 0 Å². The van der Waals surface area contributed by atoms with E-state index >= 15 is 0 Å². The Bertz CT molecular complexity index is 820. The summed E-state index contributed by atoms with van der Waals surface area (Å²) in [5, 5.41) is 7.99. The van der Waals surface area contributed by atoms with E-state index in [2.05, 4.69) is 27.8 Å². The van der Waals surface area contributed by atoms with Crippen molar-refractivity contribution in [3.05, 3.63) is 65.2 Å². The van der Waals surface area contributed by atoms with Gasteiger partial charge >= 0.3 is 6.03 Å². The molecule has 26 heavy (non-hydrogen) atoms. The average Bonchev–Trinajstić information content (AvgIpc) is 2.69. The predicted molar refractivity (Wildman–Crippen MR) is 99.9 cm³/mol. The van der Waals surface area contributed by atoms with E-state index in [1.807, 2.05) is 30.3 Å². The maximum Gasteiger partial charge on any atom is 0.315 e. The molecule has 3 amide bonds. The molecule has 6 nitrogen and oxygen atoms in total. The third-order valence-corrected chi connectivity index (χ3v) is 3.57. The summed E-state index contributed by atoms with van der Waals surface area (Å²) in [5.74, 6) is 6.32. The van der Waals surface area contributed by atoms with Crippen LogP contribution in [0.2, 0.25) is 0 Å². The van der Waals surface area contributed by atoms with Gasteiger partial charge in [0.15, 0.2) is 0 Å². The molecule has 0 aromatic heterocycles. The average molecular weight is 351 g/mol. The summed E-state index contributed by atoms with van der Waals surface area (Å²) in [4.78, 5) is 23.6. The zero-order valence-corrected chi connectivity index (χ0v) is 14.8. The number of methoxy groups -OCH3 is 1. The molecule has 134 valence electrons. The smallest absolute Gasteiger partial charge is 0.315 e. The summed E-state index contributed by atoms with van der Waals surface area (Å²) in [5.41, 5.74) is 2.09. The van der Waals surface area contributed by atoms with Gasteiger partial charge in [-0.05, 0) is 29.8 Å². The van der Waals surface area contributed by atoms with E-state index in [0.717, 1.165) is 11.3 Å². The van der Waals surface area contributed by atoms with Gasteiger partial charge in [-0.15, -0.1) is 0 Å². The van der Waals surface area contributed by atoms with Crippen molar-refractivity contribution in [3.8, 4) is 17.6 Å². The largest absolute Gasteiger partial charge is 0.497 e. The number of benzene rings is 2. The van der Waals surface area contributed by atoms with E-state index in [-0.39, 0.29) is 18.5 Å². The molecule has 0 unspecified atom stereocenters. The summed E-state index contributed by atoms with van der Waals surface area (Å²) in [6.45, 7) is 0.583. The highest BCUT2D eigenvalue weighted by Crippen LogP contribution is 2.10. The molecule has 0 fully saturated rings. The number of rotatable bonds is 5. The molecule has 0 saturated carbocycles. The molecule has 2 aromatic carbocycles. The first-order valence-corrected chi connectivity index (χ1v) is 8.08. The fourth-order valence-electron chi connectivity index (χ4n) is 2.18. The van der Waals surface area contributed by atoms with Crippen LogP contribution in [0.5, 0.6) is 5.75 Å². The lowest BCUT2D eigenvalue weighted by Crippen LogP contribution is -2.35. The Morgan fingerprint density at radius 2 is 1.77 bits per heavy atom. The molecule has 0 aliphatic heterocycles. The Hall–Kier alpha value is -3.46. The molecule has 0 spiro atoms. The van der Waals surface area contributed by atoms with Gasteiger partial charge < -0.3 is 20.7 Å². The lowest BCUT2D eigenvalue weighted by Gasteiger charge is -2.06. The molecule has 3 N–H and O–H groups in total. The zero-order valence-electron chi connectivity index (χ0n) is 14.8. The third kappa shape index (κ3) is 5.56. The number of ether oxygens (including phenoxy) is 1. The predicted octanol–water partition coefficient (Wildman–Crippen LogP) is 1.91. The minimum atomic E-state index is -0.310. The number of carbonyl (C=O) groups excluding carboxylic acids is 2. The molecule has 2 rings (SSSR count). The molecule has 0 radical (unpaired) electrons. The fourth-order valence-corrected chi connectivity index (χ4v) is 2.18. The van der Waals surface area contributed by atoms with Crippen LogP contribution >= 0.6 is 0 Å². The topological polar surface area (TPSA) is 79.5 Å². The van der Waals surface area contributed by atoms with Crippen LogP contribution in [0.3, 0.4) is 0 Å². The van der Waals surface area contributed by atoms with Crippen LogP contribution in [-0.2, 0) is 6.54 Å². The van der Waals surface area contributed by atoms with Crippen molar-refractivity contribution in [1.82, 2.24) is 16.0 Å². The second-order valence-corrected chi connectivity index (χ2v) is 5.31. The van der Waals surface area contributed by atoms with Crippen molar-refractivity contribution in [1.29, 1.82) is 0 Å². The summed E-state index contributed by atoms with van der Waals surface area (Å²) >= 11 is 0. The Morgan fingerprint density at radius 3 is 2.46 bits per heavy atom. The molecule has 0 bridgehead atoms. The summed E-state index contributed by atoms with van der Waals surface area (Å²) < 4.78 is 5.09. The van der Waals surface area contributed by atoms with Crippen LogP contribution in [0.4, 0.5) is 4.79 Å². The van der Waals surface area contributed by atoms with E-state index in [1.165, 1.54) is 0 Å². The van der Waals surface area contributed by atoms with Gasteiger partial charge in [-0.1, -0.05) is 36.1 Å². The van der Waals surface area contributed by atoms with Gasteiger partial charge in [0.1, 0.15) is 5.75 Å². The standard InChI is InChI=1S/C20H21N3O3/c1-21-19(24)18-8-4-3-6-16(18)7-5-13-22-20(25)23-14-15-9-11-17(26-2)12-10-15/h3-4,6,8-12H,13-14H2,1-2H3,(H,21,24)(H2,22,23,25). The number of amides is 3. The van der Waals surface area contributed by atoms with Crippen LogP contribution < -0.4 is 20.7 Å². The SMILES string of the molecule is CNC(=O)c1ccccc1C#CCNC(=O)NCc1ccc(OC)cc1. The summed E-state index contributed by atoms with van der Waals surface area (Å²) in [6.07, 6.45) is 0. The Morgan fingerprint density at radius 1 is 1.04 bits per heavy atom. The van der Waals surface area contributed by atoms with Gasteiger partial charge in [-0.2, -0.15) is 0 Å². The molecule has 0 atom stereocenters. The van der Waals surface area contributed by atoms with Gasteiger partial charge in [-0.25, -0.2) is 4.79 Å². The Balaban J connectivity index is 1.82. The molecular formula is C20H21N3O3. The Labute approximate surface area is 152 Å². The van der Waals surface area contributed by atoms with Gasteiger partial charge in [0.05, 0.1) is 19.2 Å². The number of nitrogens with one attached hydrogen (secondary N) is 3. The quantitative estimate of drug-likeness (QED) is 0.720. The highest BCUT2D eigenvalue weighted by molar-refractivity contribution is 5.96. The van der Waals surface area contributed by atoms with Crippen LogP contribution in [0, 0.1) is 11.8 Å². The molecule has 0 heterocycles. The minimum Gasteiger partial charge on any atom is -0.497 e. The second kappa shape index (κ2) is 9.74. The van der Waals surface area contributed by atoms with Gasteiger partial charge in [0, 0.05) is 19.2 Å². The normalized spacial score (nSPS) is 9.46. The molecule has 6 heteroatoms. The molecular weight excluding hydrogens is 330 g/mol. The van der Waals surface area contributed by atoms with E-state index in [0.29, 0.717) is 17.7 Å². The fraction of sp³-hybridized carbons (Fsp3) is 0.200. The first-order valence-electron chi connectivity index (χ1n) is 8.08. The van der Waals surface area contributed by atoms with Crippen LogP contribution in [0.25, 0.3) is 0 Å². The van der Waals surface area contributed by atoms with Crippen molar-refractivity contribution in [2.24, 2.45) is 0 Å². The van der Waals surface area contributed by atoms with Gasteiger partial charge in [0.2, 0.25) is 0 Å². The first-order chi connectivity index (χ1) is 12.6. The van der Waals surface area contributed by atoms with Crippen molar-refractivity contribution in [2.45, 2.75) is 6.54 Å². The van der Waals surface area contributed by atoms with Gasteiger partial charge in [-0.3, -0.25) is 4.79 Å².